The Hall–Kier alpha value is -0.610. The molecule has 18 heavy (non-hydrogen) atoms. The van der Waals surface area contributed by atoms with Gasteiger partial charge in [-0.25, -0.2) is 0 Å². The highest BCUT2D eigenvalue weighted by atomic mass is 35.5. The molecule has 1 aliphatic carbocycles. The highest BCUT2D eigenvalue weighted by Gasteiger charge is 2.17. The summed E-state index contributed by atoms with van der Waals surface area (Å²) >= 11 is 0. The van der Waals surface area contributed by atoms with Crippen molar-refractivity contribution in [3.05, 3.63) is 11.7 Å². The number of nitrogens with zero attached hydrogens (tertiary/aromatic N) is 2. The fourth-order valence-corrected chi connectivity index (χ4v) is 2.47. The van der Waals surface area contributed by atoms with Crippen LogP contribution in [0.4, 0.5) is 0 Å². The molecule has 1 fully saturated rings. The first-order chi connectivity index (χ1) is 8.28. The summed E-state index contributed by atoms with van der Waals surface area (Å²) in [6.07, 6.45) is 8.58. The van der Waals surface area contributed by atoms with Gasteiger partial charge in [-0.1, -0.05) is 24.4 Å². The molecule has 2 rings (SSSR count). The van der Waals surface area contributed by atoms with Crippen LogP contribution < -0.4 is 5.32 Å². The minimum absolute atomic E-state index is 0. The van der Waals surface area contributed by atoms with Crippen LogP contribution in [-0.4, -0.2) is 23.2 Å². The van der Waals surface area contributed by atoms with E-state index in [-0.39, 0.29) is 12.4 Å². The van der Waals surface area contributed by atoms with Gasteiger partial charge in [0.05, 0.1) is 0 Å². The lowest BCUT2D eigenvalue weighted by Gasteiger charge is -2.19. The third-order valence-electron chi connectivity index (χ3n) is 3.68. The smallest absolute Gasteiger partial charge is 0.226 e. The van der Waals surface area contributed by atoms with Gasteiger partial charge in [0.15, 0.2) is 5.82 Å². The summed E-state index contributed by atoms with van der Waals surface area (Å²) in [4.78, 5) is 4.47. The number of hydrogen-bond donors (Lipinski definition) is 1. The molecule has 5 heteroatoms. The van der Waals surface area contributed by atoms with Crippen molar-refractivity contribution in [3.63, 3.8) is 0 Å². The Labute approximate surface area is 115 Å². The van der Waals surface area contributed by atoms with Crippen molar-refractivity contribution in [2.24, 2.45) is 5.92 Å². The van der Waals surface area contributed by atoms with Crippen molar-refractivity contribution in [1.29, 1.82) is 0 Å². The maximum atomic E-state index is 5.32. The van der Waals surface area contributed by atoms with Gasteiger partial charge < -0.3 is 9.84 Å². The zero-order valence-corrected chi connectivity index (χ0v) is 12.1. The molecule has 1 aromatic rings. The Morgan fingerprint density at radius 3 is 2.72 bits per heavy atom. The molecule has 0 aliphatic heterocycles. The van der Waals surface area contributed by atoms with E-state index in [1.54, 1.807) is 0 Å². The number of halogens is 1. The van der Waals surface area contributed by atoms with Gasteiger partial charge in [0, 0.05) is 18.9 Å². The predicted molar refractivity (Wildman–Crippen MR) is 74.1 cm³/mol. The van der Waals surface area contributed by atoms with Crippen molar-refractivity contribution < 1.29 is 4.52 Å². The van der Waals surface area contributed by atoms with Gasteiger partial charge >= 0.3 is 0 Å². The zero-order valence-electron chi connectivity index (χ0n) is 11.3. The third-order valence-corrected chi connectivity index (χ3v) is 3.68. The lowest BCUT2D eigenvalue weighted by atomic mass is 9.87. The van der Waals surface area contributed by atoms with Crippen LogP contribution in [-0.2, 0) is 12.8 Å². The molecule has 1 aromatic heterocycles. The number of aromatic nitrogens is 2. The second-order valence-electron chi connectivity index (χ2n) is 5.21. The van der Waals surface area contributed by atoms with Crippen LogP contribution in [0, 0.1) is 5.92 Å². The van der Waals surface area contributed by atoms with Crippen molar-refractivity contribution >= 4 is 12.4 Å². The fourth-order valence-electron chi connectivity index (χ4n) is 2.47. The van der Waals surface area contributed by atoms with E-state index >= 15 is 0 Å². The third kappa shape index (κ3) is 4.58. The van der Waals surface area contributed by atoms with Crippen molar-refractivity contribution in [2.75, 3.05) is 7.05 Å². The quantitative estimate of drug-likeness (QED) is 0.896. The molecule has 0 amide bonds. The van der Waals surface area contributed by atoms with Gasteiger partial charge in [0.25, 0.3) is 0 Å². The Kier molecular flexibility index (Phi) is 6.65. The van der Waals surface area contributed by atoms with Gasteiger partial charge in [-0.2, -0.15) is 4.98 Å². The molecule has 104 valence electrons. The molecule has 1 heterocycles. The molecule has 0 radical (unpaired) electrons. The lowest BCUT2D eigenvalue weighted by molar-refractivity contribution is 0.303. The molecular formula is C13H24ClN3O. The molecule has 0 spiro atoms. The number of hydrogen-bond acceptors (Lipinski definition) is 4. The standard InChI is InChI=1S/C13H23N3O.ClH/c1-10(14-2)8-12-15-13(17-16-12)9-11-6-4-3-5-7-11;/h10-11,14H,3-9H2,1-2H3;1H. The average molecular weight is 274 g/mol. The maximum absolute atomic E-state index is 5.32. The van der Waals surface area contributed by atoms with Gasteiger partial charge in [0.2, 0.25) is 5.89 Å². The number of nitrogens with one attached hydrogen (secondary N) is 1. The number of likely N-dealkylation sites (N-methyl/N-ethyl adjacent to an activating group) is 1. The summed E-state index contributed by atoms with van der Waals surface area (Å²) in [5, 5.41) is 7.23. The van der Waals surface area contributed by atoms with Crippen molar-refractivity contribution in [2.45, 2.75) is 57.9 Å². The van der Waals surface area contributed by atoms with Crippen molar-refractivity contribution in [3.8, 4) is 0 Å². The number of rotatable bonds is 5. The van der Waals surface area contributed by atoms with Crippen LogP contribution in [0.1, 0.15) is 50.7 Å². The van der Waals surface area contributed by atoms with Crippen LogP contribution >= 0.6 is 12.4 Å². The summed E-state index contributed by atoms with van der Waals surface area (Å²) in [7, 11) is 1.95. The van der Waals surface area contributed by atoms with Gasteiger partial charge in [0.1, 0.15) is 0 Å². The molecule has 0 aromatic carbocycles. The molecule has 1 N–H and O–H groups in total. The second kappa shape index (κ2) is 7.74. The minimum Gasteiger partial charge on any atom is -0.339 e. The first-order valence-corrected chi connectivity index (χ1v) is 6.76. The second-order valence-corrected chi connectivity index (χ2v) is 5.21. The fraction of sp³-hybridized carbons (Fsp3) is 0.846. The van der Waals surface area contributed by atoms with Crippen LogP contribution in [0.25, 0.3) is 0 Å². The highest BCUT2D eigenvalue weighted by Crippen LogP contribution is 2.26. The Balaban J connectivity index is 0.00000162. The summed E-state index contributed by atoms with van der Waals surface area (Å²) in [6.45, 7) is 2.12. The van der Waals surface area contributed by atoms with Crippen LogP contribution in [0.2, 0.25) is 0 Å². The van der Waals surface area contributed by atoms with Crippen molar-refractivity contribution in [1.82, 2.24) is 15.5 Å². The monoisotopic (exact) mass is 273 g/mol. The SMILES string of the molecule is CNC(C)Cc1noc(CC2CCCCC2)n1.Cl. The molecule has 1 atom stereocenters. The van der Waals surface area contributed by atoms with Gasteiger partial charge in [-0.3, -0.25) is 0 Å². The summed E-state index contributed by atoms with van der Waals surface area (Å²) in [5.41, 5.74) is 0. The van der Waals surface area contributed by atoms with E-state index in [1.165, 1.54) is 32.1 Å². The molecular weight excluding hydrogens is 250 g/mol. The first-order valence-electron chi connectivity index (χ1n) is 6.76. The lowest BCUT2D eigenvalue weighted by Crippen LogP contribution is -2.24. The molecule has 1 aliphatic rings. The minimum atomic E-state index is 0. The van der Waals surface area contributed by atoms with E-state index in [0.717, 1.165) is 30.5 Å². The van der Waals surface area contributed by atoms with Crippen LogP contribution in [0.5, 0.6) is 0 Å². The Morgan fingerprint density at radius 1 is 1.33 bits per heavy atom. The molecule has 0 saturated heterocycles. The summed E-state index contributed by atoms with van der Waals surface area (Å²) in [5.74, 6) is 2.42. The van der Waals surface area contributed by atoms with Gasteiger partial charge in [-0.05, 0) is 32.7 Å². The van der Waals surface area contributed by atoms with E-state index in [2.05, 4.69) is 22.4 Å². The van der Waals surface area contributed by atoms with E-state index in [9.17, 15) is 0 Å². The maximum Gasteiger partial charge on any atom is 0.226 e. The van der Waals surface area contributed by atoms with Crippen LogP contribution in [0.3, 0.4) is 0 Å². The molecule has 0 bridgehead atoms. The first kappa shape index (κ1) is 15.4. The van der Waals surface area contributed by atoms with E-state index in [1.807, 2.05) is 7.05 Å². The van der Waals surface area contributed by atoms with E-state index in [4.69, 9.17) is 4.52 Å². The normalized spacial score (nSPS) is 18.3. The summed E-state index contributed by atoms with van der Waals surface area (Å²) in [6, 6.07) is 0.398. The summed E-state index contributed by atoms with van der Waals surface area (Å²) < 4.78 is 5.32. The molecule has 1 unspecified atom stereocenters. The predicted octanol–water partition coefficient (Wildman–Crippen LogP) is 2.76. The zero-order chi connectivity index (χ0) is 12.1. The van der Waals surface area contributed by atoms with E-state index in [0.29, 0.717) is 6.04 Å². The highest BCUT2D eigenvalue weighted by molar-refractivity contribution is 5.85. The topological polar surface area (TPSA) is 51.0 Å². The largest absolute Gasteiger partial charge is 0.339 e. The molecule has 4 nitrogen and oxygen atoms in total. The van der Waals surface area contributed by atoms with Gasteiger partial charge in [-0.15, -0.1) is 12.4 Å². The molecule has 1 saturated carbocycles. The average Bonchev–Trinajstić information content (AvgIpc) is 2.77. The van der Waals surface area contributed by atoms with E-state index < -0.39 is 0 Å². The Bertz CT molecular complexity index is 337. The van der Waals surface area contributed by atoms with Crippen LogP contribution in [0.15, 0.2) is 4.52 Å². The Morgan fingerprint density at radius 2 is 2.06 bits per heavy atom.